The molecule has 0 spiro atoms. The summed E-state index contributed by atoms with van der Waals surface area (Å²) < 4.78 is 19.9. The first-order valence-electron chi connectivity index (χ1n) is 9.25. The van der Waals surface area contributed by atoms with Crippen molar-refractivity contribution < 1.29 is 13.9 Å². The molecule has 4 unspecified atom stereocenters. The van der Waals surface area contributed by atoms with Gasteiger partial charge in [0.25, 0.3) is 0 Å². The molecule has 1 aliphatic carbocycles. The van der Waals surface area contributed by atoms with Crippen LogP contribution in [0.25, 0.3) is 0 Å². The molecule has 3 fully saturated rings. The molecule has 1 aromatic rings. The van der Waals surface area contributed by atoms with Gasteiger partial charge in [-0.3, -0.25) is 9.69 Å². The normalized spacial score (nSPS) is 29.9. The van der Waals surface area contributed by atoms with Gasteiger partial charge in [-0.25, -0.2) is 4.39 Å². The van der Waals surface area contributed by atoms with Crippen molar-refractivity contribution >= 4 is 18.3 Å². The molecule has 2 heterocycles. The Labute approximate surface area is 160 Å². The van der Waals surface area contributed by atoms with Crippen molar-refractivity contribution in [2.75, 3.05) is 39.4 Å². The third-order valence-electron chi connectivity index (χ3n) is 6.07. The number of hydrogen-bond donors (Lipinski definition) is 1. The Bertz CT molecular complexity index is 641. The average molecular weight is 384 g/mol. The number of morpholine rings is 1. The van der Waals surface area contributed by atoms with Crippen LogP contribution in [-0.4, -0.2) is 61.1 Å². The first kappa shape index (κ1) is 19.5. The van der Waals surface area contributed by atoms with Gasteiger partial charge in [-0.15, -0.1) is 12.4 Å². The Balaban J connectivity index is 0.00000196. The van der Waals surface area contributed by atoms with Crippen LogP contribution in [0.5, 0.6) is 0 Å². The van der Waals surface area contributed by atoms with E-state index in [0.29, 0.717) is 50.2 Å². The second-order valence-corrected chi connectivity index (χ2v) is 7.48. The Morgan fingerprint density at radius 2 is 1.92 bits per heavy atom. The lowest BCUT2D eigenvalue weighted by atomic mass is 9.98. The number of fused-ring (bicyclic) bond motifs is 1. The summed E-state index contributed by atoms with van der Waals surface area (Å²) in [6.45, 7) is 3.91. The topological polar surface area (TPSA) is 58.8 Å². The molecule has 0 aromatic heterocycles. The minimum Gasteiger partial charge on any atom is -0.379 e. The number of rotatable bonds is 3. The fourth-order valence-corrected chi connectivity index (χ4v) is 4.68. The van der Waals surface area contributed by atoms with Gasteiger partial charge >= 0.3 is 0 Å². The Morgan fingerprint density at radius 3 is 2.62 bits per heavy atom. The highest BCUT2D eigenvalue weighted by Crippen LogP contribution is 2.39. The van der Waals surface area contributed by atoms with Crippen molar-refractivity contribution in [1.29, 1.82) is 0 Å². The van der Waals surface area contributed by atoms with Crippen molar-refractivity contribution in [2.24, 2.45) is 17.6 Å². The number of hydrogen-bond acceptors (Lipinski definition) is 4. The highest BCUT2D eigenvalue weighted by molar-refractivity contribution is 5.85. The van der Waals surface area contributed by atoms with Gasteiger partial charge in [0.1, 0.15) is 11.9 Å². The molecule has 5 nitrogen and oxygen atoms in total. The van der Waals surface area contributed by atoms with E-state index in [0.717, 1.165) is 19.4 Å². The molecule has 1 aromatic carbocycles. The van der Waals surface area contributed by atoms with E-state index in [2.05, 4.69) is 4.90 Å². The van der Waals surface area contributed by atoms with Gasteiger partial charge in [-0.05, 0) is 30.7 Å². The molecule has 26 heavy (non-hydrogen) atoms. The SMILES string of the molecule is Cl.NC1CCC2CN(C(=O)C(c3ccccc3F)N3CCOCC3)CC12. The molecule has 1 saturated carbocycles. The molecular weight excluding hydrogens is 357 g/mol. The first-order valence-corrected chi connectivity index (χ1v) is 9.25. The maximum Gasteiger partial charge on any atom is 0.244 e. The van der Waals surface area contributed by atoms with E-state index in [1.807, 2.05) is 4.90 Å². The smallest absolute Gasteiger partial charge is 0.244 e. The summed E-state index contributed by atoms with van der Waals surface area (Å²) in [5.41, 5.74) is 6.68. The maximum absolute atomic E-state index is 14.5. The molecule has 0 radical (unpaired) electrons. The quantitative estimate of drug-likeness (QED) is 0.865. The van der Waals surface area contributed by atoms with Gasteiger partial charge in [0.05, 0.1) is 13.2 Å². The predicted molar refractivity (Wildman–Crippen MR) is 99.6 cm³/mol. The van der Waals surface area contributed by atoms with Crippen molar-refractivity contribution in [1.82, 2.24) is 9.80 Å². The summed E-state index contributed by atoms with van der Waals surface area (Å²) >= 11 is 0. The summed E-state index contributed by atoms with van der Waals surface area (Å²) in [4.78, 5) is 17.3. The summed E-state index contributed by atoms with van der Waals surface area (Å²) in [7, 11) is 0. The van der Waals surface area contributed by atoms with Crippen molar-refractivity contribution in [2.45, 2.75) is 24.9 Å². The Hall–Kier alpha value is -1.21. The zero-order valence-electron chi connectivity index (χ0n) is 14.9. The molecular formula is C19H27ClFN3O2. The fraction of sp³-hybridized carbons (Fsp3) is 0.632. The number of ether oxygens (including phenoxy) is 1. The third-order valence-corrected chi connectivity index (χ3v) is 6.07. The van der Waals surface area contributed by atoms with Crippen LogP contribution in [-0.2, 0) is 9.53 Å². The second-order valence-electron chi connectivity index (χ2n) is 7.48. The lowest BCUT2D eigenvalue weighted by Crippen LogP contribution is -2.47. The molecule has 4 rings (SSSR count). The van der Waals surface area contributed by atoms with Crippen LogP contribution in [0.1, 0.15) is 24.4 Å². The lowest BCUT2D eigenvalue weighted by Gasteiger charge is -2.36. The van der Waals surface area contributed by atoms with Crippen LogP contribution in [0.3, 0.4) is 0 Å². The van der Waals surface area contributed by atoms with Gasteiger partial charge in [0.2, 0.25) is 5.91 Å². The average Bonchev–Trinajstić information content (AvgIpc) is 3.20. The van der Waals surface area contributed by atoms with Gasteiger partial charge in [0.15, 0.2) is 0 Å². The largest absolute Gasteiger partial charge is 0.379 e. The van der Waals surface area contributed by atoms with Gasteiger partial charge < -0.3 is 15.4 Å². The molecule has 2 saturated heterocycles. The van der Waals surface area contributed by atoms with E-state index in [4.69, 9.17) is 10.5 Å². The maximum atomic E-state index is 14.5. The summed E-state index contributed by atoms with van der Waals surface area (Å²) in [6.07, 6.45) is 2.15. The highest BCUT2D eigenvalue weighted by Gasteiger charge is 2.45. The van der Waals surface area contributed by atoms with Crippen LogP contribution in [0.15, 0.2) is 24.3 Å². The predicted octanol–water partition coefficient (Wildman–Crippen LogP) is 1.82. The van der Waals surface area contributed by atoms with Crippen LogP contribution in [0, 0.1) is 17.7 Å². The van der Waals surface area contributed by atoms with E-state index in [1.54, 1.807) is 18.2 Å². The van der Waals surface area contributed by atoms with E-state index in [1.165, 1.54) is 6.07 Å². The third kappa shape index (κ3) is 3.60. The van der Waals surface area contributed by atoms with Crippen molar-refractivity contribution in [3.8, 4) is 0 Å². The Kier molecular flexibility index (Phi) is 6.17. The van der Waals surface area contributed by atoms with Crippen molar-refractivity contribution in [3.63, 3.8) is 0 Å². The van der Waals surface area contributed by atoms with Crippen LogP contribution >= 0.6 is 12.4 Å². The summed E-state index contributed by atoms with van der Waals surface area (Å²) in [6, 6.07) is 6.26. The number of carbonyl (C=O) groups is 1. The standard InChI is InChI=1S/C19H26FN3O2.ClH/c20-16-4-2-1-3-14(16)18(22-7-9-25-10-8-22)19(24)23-11-13-5-6-17(21)15(13)12-23;/h1-4,13,15,17-18H,5-12,21H2;1H. The summed E-state index contributed by atoms with van der Waals surface area (Å²) in [5, 5.41) is 0. The monoisotopic (exact) mass is 383 g/mol. The number of carbonyl (C=O) groups excluding carboxylic acids is 1. The second kappa shape index (κ2) is 8.21. The Morgan fingerprint density at radius 1 is 1.19 bits per heavy atom. The van der Waals surface area contributed by atoms with E-state index >= 15 is 0 Å². The highest BCUT2D eigenvalue weighted by atomic mass is 35.5. The van der Waals surface area contributed by atoms with Crippen molar-refractivity contribution in [3.05, 3.63) is 35.6 Å². The molecule has 0 bridgehead atoms. The number of nitrogens with zero attached hydrogens (tertiary/aromatic N) is 2. The molecule has 2 N–H and O–H groups in total. The number of amides is 1. The van der Waals surface area contributed by atoms with Gasteiger partial charge in [-0.2, -0.15) is 0 Å². The minimum atomic E-state index is -0.569. The molecule has 1 amide bonds. The molecule has 4 atom stereocenters. The van der Waals surface area contributed by atoms with E-state index in [-0.39, 0.29) is 30.2 Å². The number of nitrogens with two attached hydrogens (primary N) is 1. The van der Waals surface area contributed by atoms with Gasteiger partial charge in [-0.1, -0.05) is 18.2 Å². The zero-order valence-corrected chi connectivity index (χ0v) is 15.7. The van der Waals surface area contributed by atoms with E-state index < -0.39 is 6.04 Å². The number of halogens is 2. The zero-order chi connectivity index (χ0) is 17.4. The lowest BCUT2D eigenvalue weighted by molar-refractivity contribution is -0.138. The van der Waals surface area contributed by atoms with Gasteiger partial charge in [0, 0.05) is 37.8 Å². The van der Waals surface area contributed by atoms with Crippen LogP contribution in [0.2, 0.25) is 0 Å². The fourth-order valence-electron chi connectivity index (χ4n) is 4.68. The number of likely N-dealkylation sites (tertiary alicyclic amines) is 1. The molecule has 144 valence electrons. The molecule has 7 heteroatoms. The number of benzene rings is 1. The summed E-state index contributed by atoms with van der Waals surface area (Å²) in [5.74, 6) is 0.594. The van der Waals surface area contributed by atoms with E-state index in [9.17, 15) is 9.18 Å². The van der Waals surface area contributed by atoms with Crippen LogP contribution < -0.4 is 5.73 Å². The molecule has 2 aliphatic heterocycles. The van der Waals surface area contributed by atoms with Crippen LogP contribution in [0.4, 0.5) is 4.39 Å². The molecule has 3 aliphatic rings. The minimum absolute atomic E-state index is 0. The first-order chi connectivity index (χ1) is 12.1.